The number of hydrogen-bond donors (Lipinski definition) is 2. The average molecular weight is 461 g/mol. The smallest absolute Gasteiger partial charge is 0.349 e. The number of nitrogens with zero attached hydrogens (tertiary/aromatic N) is 4. The third kappa shape index (κ3) is 3.73. The van der Waals surface area contributed by atoms with E-state index in [1.807, 2.05) is 11.9 Å². The highest BCUT2D eigenvalue weighted by molar-refractivity contribution is 6.37. The van der Waals surface area contributed by atoms with Crippen LogP contribution in [0.5, 0.6) is 11.6 Å². The minimum atomic E-state index is -0.899. The quantitative estimate of drug-likeness (QED) is 0.609. The SMILES string of the molecule is CC1CCCc2c(Oc3c(Cl)cc(-n4nc(C#N)c(=O)[nH]c4=O)cc3Cl)n[nH]c(=O)c21. The number of nitrogens with one attached hydrogen (secondary N) is 2. The zero-order chi connectivity index (χ0) is 22.3. The molecule has 0 aliphatic heterocycles. The van der Waals surface area contributed by atoms with Crippen molar-refractivity contribution >= 4 is 23.2 Å². The van der Waals surface area contributed by atoms with Crippen molar-refractivity contribution in [1.29, 1.82) is 5.26 Å². The molecule has 1 atom stereocenters. The summed E-state index contributed by atoms with van der Waals surface area (Å²) in [6.45, 7) is 1.97. The lowest BCUT2D eigenvalue weighted by molar-refractivity contribution is 0.435. The molecule has 0 radical (unpaired) electrons. The molecule has 158 valence electrons. The Morgan fingerprint density at radius 3 is 2.61 bits per heavy atom. The van der Waals surface area contributed by atoms with Crippen molar-refractivity contribution in [3.05, 3.63) is 70.2 Å². The third-order valence-corrected chi connectivity index (χ3v) is 5.57. The summed E-state index contributed by atoms with van der Waals surface area (Å²) in [4.78, 5) is 37.9. The predicted octanol–water partition coefficient (Wildman–Crippen LogP) is 2.41. The van der Waals surface area contributed by atoms with E-state index in [0.717, 1.165) is 17.5 Å². The van der Waals surface area contributed by atoms with E-state index >= 15 is 0 Å². The molecule has 12 heteroatoms. The van der Waals surface area contributed by atoms with E-state index in [0.29, 0.717) is 17.5 Å². The molecular formula is C19H14Cl2N6O4. The number of aromatic nitrogens is 5. The highest BCUT2D eigenvalue weighted by Gasteiger charge is 2.25. The lowest BCUT2D eigenvalue weighted by Crippen LogP contribution is -2.33. The molecule has 0 saturated heterocycles. The summed E-state index contributed by atoms with van der Waals surface area (Å²) < 4.78 is 6.66. The number of hydrogen-bond acceptors (Lipinski definition) is 7. The topological polar surface area (TPSA) is 147 Å². The zero-order valence-electron chi connectivity index (χ0n) is 16.0. The van der Waals surface area contributed by atoms with Crippen molar-refractivity contribution in [2.24, 2.45) is 0 Å². The Bertz CT molecular complexity index is 1400. The van der Waals surface area contributed by atoms with E-state index in [1.54, 1.807) is 6.07 Å². The van der Waals surface area contributed by atoms with Crippen LogP contribution in [0, 0.1) is 11.3 Å². The number of halogens is 2. The molecule has 0 spiro atoms. The van der Waals surface area contributed by atoms with Gasteiger partial charge in [-0.05, 0) is 37.3 Å². The van der Waals surface area contributed by atoms with E-state index in [1.165, 1.54) is 12.1 Å². The van der Waals surface area contributed by atoms with Crippen LogP contribution in [0.3, 0.4) is 0 Å². The van der Waals surface area contributed by atoms with Gasteiger partial charge in [0.25, 0.3) is 11.1 Å². The minimum Gasteiger partial charge on any atom is -0.434 e. The molecule has 0 fully saturated rings. The summed E-state index contributed by atoms with van der Waals surface area (Å²) in [5, 5.41) is 19.2. The van der Waals surface area contributed by atoms with Gasteiger partial charge in [0.05, 0.1) is 15.7 Å². The lowest BCUT2D eigenvalue weighted by atomic mass is 9.85. The molecular weight excluding hydrogens is 447 g/mol. The van der Waals surface area contributed by atoms with Gasteiger partial charge < -0.3 is 4.74 Å². The third-order valence-electron chi connectivity index (χ3n) is 5.00. The van der Waals surface area contributed by atoms with Gasteiger partial charge in [0.1, 0.15) is 6.07 Å². The molecule has 1 aromatic carbocycles. The Hall–Kier alpha value is -3.42. The summed E-state index contributed by atoms with van der Waals surface area (Å²) >= 11 is 12.7. The van der Waals surface area contributed by atoms with Gasteiger partial charge in [-0.1, -0.05) is 30.1 Å². The van der Waals surface area contributed by atoms with Crippen LogP contribution < -0.4 is 21.5 Å². The van der Waals surface area contributed by atoms with Crippen molar-refractivity contribution in [2.45, 2.75) is 32.1 Å². The van der Waals surface area contributed by atoms with E-state index in [4.69, 9.17) is 33.2 Å². The van der Waals surface area contributed by atoms with Gasteiger partial charge in [-0.2, -0.15) is 9.94 Å². The summed E-state index contributed by atoms with van der Waals surface area (Å²) in [7, 11) is 0. The monoisotopic (exact) mass is 460 g/mol. The Morgan fingerprint density at radius 1 is 1.23 bits per heavy atom. The summed E-state index contributed by atoms with van der Waals surface area (Å²) in [6.07, 6.45) is 2.41. The van der Waals surface area contributed by atoms with Gasteiger partial charge in [0, 0.05) is 11.1 Å². The first-order valence-corrected chi connectivity index (χ1v) is 9.98. The molecule has 1 aliphatic rings. The first-order chi connectivity index (χ1) is 14.8. The summed E-state index contributed by atoms with van der Waals surface area (Å²) in [5.74, 6) is 0.340. The number of fused-ring (bicyclic) bond motifs is 1. The molecule has 2 aromatic heterocycles. The van der Waals surface area contributed by atoms with Crippen molar-refractivity contribution in [1.82, 2.24) is 25.0 Å². The number of nitriles is 1. The Kier molecular flexibility index (Phi) is 5.39. The van der Waals surface area contributed by atoms with E-state index < -0.39 is 16.9 Å². The Balaban J connectivity index is 1.78. The first-order valence-electron chi connectivity index (χ1n) is 9.22. The van der Waals surface area contributed by atoms with Gasteiger partial charge in [0.2, 0.25) is 11.6 Å². The van der Waals surface area contributed by atoms with Gasteiger partial charge in [-0.3, -0.25) is 14.6 Å². The van der Waals surface area contributed by atoms with Crippen molar-refractivity contribution < 1.29 is 4.74 Å². The van der Waals surface area contributed by atoms with Crippen molar-refractivity contribution in [3.8, 4) is 23.4 Å². The molecule has 3 aromatic rings. The maximum Gasteiger partial charge on any atom is 0.349 e. The zero-order valence-corrected chi connectivity index (χ0v) is 17.5. The Labute approximate surface area is 184 Å². The molecule has 0 bridgehead atoms. The number of H-pyrrole nitrogens is 2. The highest BCUT2D eigenvalue weighted by Crippen LogP contribution is 2.40. The van der Waals surface area contributed by atoms with Gasteiger partial charge in [-0.15, -0.1) is 10.2 Å². The molecule has 4 rings (SSSR count). The second-order valence-corrected chi connectivity index (χ2v) is 7.83. The molecule has 1 aliphatic carbocycles. The number of ether oxygens (including phenoxy) is 1. The van der Waals surface area contributed by atoms with Crippen LogP contribution in [-0.4, -0.2) is 25.0 Å². The molecule has 10 nitrogen and oxygen atoms in total. The number of aromatic amines is 2. The first kappa shape index (κ1) is 20.8. The van der Waals surface area contributed by atoms with E-state index in [2.05, 4.69) is 15.3 Å². The summed E-state index contributed by atoms with van der Waals surface area (Å²) in [6, 6.07) is 4.29. The number of rotatable bonds is 3. The second kappa shape index (κ2) is 8.02. The minimum absolute atomic E-state index is 0.0338. The predicted molar refractivity (Wildman–Crippen MR) is 111 cm³/mol. The standard InChI is InChI=1S/C19H14Cl2N6O4/c1-8-3-2-4-10-14(8)17(29)24-25-18(10)31-15-11(20)5-9(6-12(15)21)27-19(30)23-16(28)13(7-22)26-27/h5-6,8H,2-4H2,1H3,(H,24,29)(H,23,28,30). The van der Waals surface area contributed by atoms with Crippen molar-refractivity contribution in [2.75, 3.05) is 0 Å². The van der Waals surface area contributed by atoms with Crippen LogP contribution >= 0.6 is 23.2 Å². The molecule has 2 N–H and O–H groups in total. The largest absolute Gasteiger partial charge is 0.434 e. The van der Waals surface area contributed by atoms with Crippen molar-refractivity contribution in [3.63, 3.8) is 0 Å². The van der Waals surface area contributed by atoms with Crippen LogP contribution in [0.25, 0.3) is 5.69 Å². The highest BCUT2D eigenvalue weighted by atomic mass is 35.5. The Morgan fingerprint density at radius 2 is 1.94 bits per heavy atom. The van der Waals surface area contributed by atoms with Gasteiger partial charge in [-0.25, -0.2) is 9.89 Å². The fraction of sp³-hybridized carbons (Fsp3) is 0.263. The van der Waals surface area contributed by atoms with E-state index in [-0.39, 0.29) is 38.8 Å². The molecule has 0 saturated carbocycles. The molecule has 0 amide bonds. The average Bonchev–Trinajstić information content (AvgIpc) is 2.72. The molecule has 2 heterocycles. The van der Waals surface area contributed by atoms with Gasteiger partial charge in [0.15, 0.2) is 5.75 Å². The molecule has 1 unspecified atom stereocenters. The van der Waals surface area contributed by atoms with E-state index in [9.17, 15) is 14.4 Å². The lowest BCUT2D eigenvalue weighted by Gasteiger charge is -2.22. The van der Waals surface area contributed by atoms with Crippen LogP contribution in [-0.2, 0) is 6.42 Å². The number of benzene rings is 1. The van der Waals surface area contributed by atoms with Crippen LogP contribution in [0.4, 0.5) is 0 Å². The van der Waals surface area contributed by atoms with Gasteiger partial charge >= 0.3 is 5.69 Å². The van der Waals surface area contributed by atoms with Crippen LogP contribution in [0.1, 0.15) is 42.5 Å². The maximum atomic E-state index is 12.2. The normalized spacial score (nSPS) is 15.2. The van der Waals surface area contributed by atoms with Crippen LogP contribution in [0.15, 0.2) is 26.5 Å². The fourth-order valence-electron chi connectivity index (χ4n) is 3.57. The maximum absolute atomic E-state index is 12.2. The fourth-order valence-corrected chi connectivity index (χ4v) is 4.12. The second-order valence-electron chi connectivity index (χ2n) is 7.02. The van der Waals surface area contributed by atoms with Crippen LogP contribution in [0.2, 0.25) is 10.0 Å². The summed E-state index contributed by atoms with van der Waals surface area (Å²) in [5.41, 5.74) is -1.06. The molecule has 31 heavy (non-hydrogen) atoms.